The number of aryl methyl sites for hydroxylation is 1. The summed E-state index contributed by atoms with van der Waals surface area (Å²) >= 11 is 0. The zero-order valence-corrected chi connectivity index (χ0v) is 10.6. The lowest BCUT2D eigenvalue weighted by Crippen LogP contribution is -2.35. The monoisotopic (exact) mass is 234 g/mol. The first-order valence-corrected chi connectivity index (χ1v) is 6.57. The van der Waals surface area contributed by atoms with Gasteiger partial charge in [0.1, 0.15) is 0 Å². The average molecular weight is 234 g/mol. The predicted octanol–water partition coefficient (Wildman–Crippen LogP) is 2.13. The van der Waals surface area contributed by atoms with Gasteiger partial charge in [0, 0.05) is 24.8 Å². The average Bonchev–Trinajstić information content (AvgIpc) is 2.82. The molecule has 0 amide bonds. The van der Waals surface area contributed by atoms with Crippen LogP contribution in [-0.2, 0) is 6.54 Å². The third kappa shape index (κ3) is 3.51. The zero-order chi connectivity index (χ0) is 12.1. The van der Waals surface area contributed by atoms with Crippen LogP contribution < -0.4 is 0 Å². The third-order valence-corrected chi connectivity index (χ3v) is 3.54. The van der Waals surface area contributed by atoms with Crippen molar-refractivity contribution in [2.24, 2.45) is 0 Å². The van der Waals surface area contributed by atoms with Crippen molar-refractivity contribution in [2.45, 2.75) is 45.2 Å². The minimum Gasteiger partial charge on any atom is -0.395 e. The molecule has 0 unspecified atom stereocenters. The first-order chi connectivity index (χ1) is 8.29. The van der Waals surface area contributed by atoms with Gasteiger partial charge in [-0.05, 0) is 31.9 Å². The van der Waals surface area contributed by atoms with Crippen LogP contribution in [0.3, 0.4) is 0 Å². The zero-order valence-electron chi connectivity index (χ0n) is 10.6. The van der Waals surface area contributed by atoms with E-state index in [1.54, 1.807) is 0 Å². The van der Waals surface area contributed by atoms with E-state index in [1.165, 1.54) is 25.7 Å². The molecule has 2 rings (SSSR count). The Bertz CT molecular complexity index is 348. The number of pyridine rings is 1. The summed E-state index contributed by atoms with van der Waals surface area (Å²) in [5, 5.41) is 9.17. The molecule has 0 aliphatic heterocycles. The highest BCUT2D eigenvalue weighted by molar-refractivity contribution is 5.10. The third-order valence-electron chi connectivity index (χ3n) is 3.54. The molecular formula is C14H22N2O. The number of rotatable bonds is 5. The highest BCUT2D eigenvalue weighted by atomic mass is 16.3. The highest BCUT2D eigenvalue weighted by Gasteiger charge is 2.22. The van der Waals surface area contributed by atoms with Crippen molar-refractivity contribution < 1.29 is 5.11 Å². The van der Waals surface area contributed by atoms with Gasteiger partial charge < -0.3 is 5.11 Å². The van der Waals surface area contributed by atoms with Gasteiger partial charge in [0.15, 0.2) is 0 Å². The van der Waals surface area contributed by atoms with E-state index < -0.39 is 0 Å². The van der Waals surface area contributed by atoms with Gasteiger partial charge in [-0.3, -0.25) is 9.88 Å². The first-order valence-electron chi connectivity index (χ1n) is 6.57. The van der Waals surface area contributed by atoms with E-state index >= 15 is 0 Å². The molecule has 3 heteroatoms. The second kappa shape index (κ2) is 6.12. The molecule has 1 saturated carbocycles. The number of aromatic nitrogens is 1. The molecule has 0 aromatic carbocycles. The van der Waals surface area contributed by atoms with Crippen LogP contribution in [0.1, 0.15) is 37.1 Å². The Kier molecular flexibility index (Phi) is 4.51. The van der Waals surface area contributed by atoms with Gasteiger partial charge in [0.05, 0.1) is 12.3 Å². The van der Waals surface area contributed by atoms with E-state index in [4.69, 9.17) is 5.11 Å². The van der Waals surface area contributed by atoms with Gasteiger partial charge in [0.2, 0.25) is 0 Å². The van der Waals surface area contributed by atoms with Crippen molar-refractivity contribution in [2.75, 3.05) is 13.2 Å². The molecule has 1 aromatic rings. The Morgan fingerprint density at radius 2 is 2.12 bits per heavy atom. The number of nitrogens with zero attached hydrogens (tertiary/aromatic N) is 2. The van der Waals surface area contributed by atoms with E-state index in [-0.39, 0.29) is 6.61 Å². The second-order valence-electron chi connectivity index (χ2n) is 4.90. The summed E-state index contributed by atoms with van der Waals surface area (Å²) in [4.78, 5) is 6.93. The molecule has 3 nitrogen and oxygen atoms in total. The Morgan fingerprint density at radius 3 is 2.76 bits per heavy atom. The number of hydrogen-bond acceptors (Lipinski definition) is 3. The van der Waals surface area contributed by atoms with E-state index in [0.717, 1.165) is 24.5 Å². The lowest BCUT2D eigenvalue weighted by atomic mass is 10.2. The first kappa shape index (κ1) is 12.5. The molecule has 1 fully saturated rings. The summed E-state index contributed by atoms with van der Waals surface area (Å²) in [7, 11) is 0. The lowest BCUT2D eigenvalue weighted by molar-refractivity contribution is 0.143. The molecule has 0 saturated heterocycles. The standard InChI is InChI=1S/C14H22N2O/c1-12-5-4-6-13(15-12)11-16(9-10-17)14-7-2-3-8-14/h4-6,14,17H,2-3,7-11H2,1H3. The van der Waals surface area contributed by atoms with E-state index in [1.807, 2.05) is 13.0 Å². The Morgan fingerprint density at radius 1 is 1.35 bits per heavy atom. The van der Waals surface area contributed by atoms with Crippen LogP contribution in [0.25, 0.3) is 0 Å². The minimum absolute atomic E-state index is 0.238. The van der Waals surface area contributed by atoms with Gasteiger partial charge in [-0.1, -0.05) is 18.9 Å². The van der Waals surface area contributed by atoms with Crippen LogP contribution in [0.5, 0.6) is 0 Å². The van der Waals surface area contributed by atoms with Crippen LogP contribution in [0.4, 0.5) is 0 Å². The van der Waals surface area contributed by atoms with Gasteiger partial charge in [-0.15, -0.1) is 0 Å². The van der Waals surface area contributed by atoms with Crippen molar-refractivity contribution in [1.82, 2.24) is 9.88 Å². The van der Waals surface area contributed by atoms with Crippen molar-refractivity contribution in [3.8, 4) is 0 Å². The van der Waals surface area contributed by atoms with Crippen LogP contribution in [0.15, 0.2) is 18.2 Å². The maximum atomic E-state index is 9.17. The maximum absolute atomic E-state index is 9.17. The van der Waals surface area contributed by atoms with E-state index in [0.29, 0.717) is 6.04 Å². The smallest absolute Gasteiger partial charge is 0.0558 e. The molecule has 0 radical (unpaired) electrons. The topological polar surface area (TPSA) is 36.4 Å². The van der Waals surface area contributed by atoms with Crippen molar-refractivity contribution in [3.63, 3.8) is 0 Å². The molecule has 94 valence electrons. The molecule has 0 spiro atoms. The summed E-state index contributed by atoms with van der Waals surface area (Å²) < 4.78 is 0. The fourth-order valence-corrected chi connectivity index (χ4v) is 2.68. The van der Waals surface area contributed by atoms with Gasteiger partial charge in [-0.2, -0.15) is 0 Å². The van der Waals surface area contributed by atoms with E-state index in [9.17, 15) is 0 Å². The fourth-order valence-electron chi connectivity index (χ4n) is 2.68. The minimum atomic E-state index is 0.238. The highest BCUT2D eigenvalue weighted by Crippen LogP contribution is 2.24. The van der Waals surface area contributed by atoms with Crippen LogP contribution in [0, 0.1) is 6.92 Å². The molecule has 0 atom stereocenters. The second-order valence-corrected chi connectivity index (χ2v) is 4.90. The molecule has 1 aliphatic carbocycles. The maximum Gasteiger partial charge on any atom is 0.0558 e. The summed E-state index contributed by atoms with van der Waals surface area (Å²) in [5.41, 5.74) is 2.18. The molecule has 1 N–H and O–H groups in total. The van der Waals surface area contributed by atoms with Crippen molar-refractivity contribution in [1.29, 1.82) is 0 Å². The van der Waals surface area contributed by atoms with Gasteiger partial charge in [0.25, 0.3) is 0 Å². The Hall–Kier alpha value is -0.930. The number of aliphatic hydroxyl groups excluding tert-OH is 1. The molecule has 1 heterocycles. The number of aliphatic hydroxyl groups is 1. The molecule has 17 heavy (non-hydrogen) atoms. The lowest BCUT2D eigenvalue weighted by Gasteiger charge is -2.27. The Labute approximate surface area is 103 Å². The summed E-state index contributed by atoms with van der Waals surface area (Å²) in [6, 6.07) is 6.80. The van der Waals surface area contributed by atoms with Crippen LogP contribution >= 0.6 is 0 Å². The van der Waals surface area contributed by atoms with Crippen molar-refractivity contribution >= 4 is 0 Å². The van der Waals surface area contributed by atoms with Crippen molar-refractivity contribution in [3.05, 3.63) is 29.6 Å². The Balaban J connectivity index is 2.01. The normalized spacial score (nSPS) is 16.9. The summed E-state index contributed by atoms with van der Waals surface area (Å²) in [6.45, 7) is 3.89. The quantitative estimate of drug-likeness (QED) is 0.848. The molecule has 1 aromatic heterocycles. The van der Waals surface area contributed by atoms with Crippen LogP contribution in [-0.4, -0.2) is 34.2 Å². The number of hydrogen-bond donors (Lipinski definition) is 1. The van der Waals surface area contributed by atoms with Crippen LogP contribution in [0.2, 0.25) is 0 Å². The van der Waals surface area contributed by atoms with Gasteiger partial charge in [-0.25, -0.2) is 0 Å². The predicted molar refractivity (Wildman–Crippen MR) is 68.7 cm³/mol. The summed E-state index contributed by atoms with van der Waals surface area (Å²) in [5.74, 6) is 0. The molecule has 1 aliphatic rings. The molecule has 0 bridgehead atoms. The summed E-state index contributed by atoms with van der Waals surface area (Å²) in [6.07, 6.45) is 5.19. The fraction of sp³-hybridized carbons (Fsp3) is 0.643. The molecular weight excluding hydrogens is 212 g/mol. The largest absolute Gasteiger partial charge is 0.395 e. The SMILES string of the molecule is Cc1cccc(CN(CCO)C2CCCC2)n1. The van der Waals surface area contributed by atoms with Gasteiger partial charge >= 0.3 is 0 Å². The van der Waals surface area contributed by atoms with E-state index in [2.05, 4.69) is 22.0 Å².